The van der Waals surface area contributed by atoms with Crippen LogP contribution in [-0.4, -0.2) is 34.9 Å². The Balaban J connectivity index is 3.88. The Morgan fingerprint density at radius 1 is 0.510 bits per heavy atom. The zero-order chi connectivity index (χ0) is 35.7. The third kappa shape index (κ3) is 36.2. The predicted octanol–water partition coefficient (Wildman–Crippen LogP) is 12.1. The molecule has 0 spiro atoms. The fraction of sp³-hybridized carbons (Fsp3) is 0.578. The minimum Gasteiger partial charge on any atom is -0.394 e. The van der Waals surface area contributed by atoms with Gasteiger partial charge in [-0.2, -0.15) is 0 Å². The van der Waals surface area contributed by atoms with Crippen molar-refractivity contribution in [1.29, 1.82) is 0 Å². The molecule has 0 aliphatic rings. The fourth-order valence-electron chi connectivity index (χ4n) is 4.99. The maximum Gasteiger partial charge on any atom is 0.220 e. The molecule has 49 heavy (non-hydrogen) atoms. The van der Waals surface area contributed by atoms with E-state index < -0.39 is 12.1 Å². The van der Waals surface area contributed by atoms with Crippen LogP contribution in [0.5, 0.6) is 0 Å². The standard InChI is InChI=1S/C45H73NO3/c1-3-5-7-9-11-13-15-17-19-21-23-25-27-29-31-33-35-37-39-41-45(49)46-43(42-47)44(48)40-38-36-34-32-30-28-26-24-22-20-18-16-14-12-10-8-6-4-2/h5,7,11,13,17,19,22-25,29-32,35,37-38,40,43-44,47-48H,3-4,6,8-10,12,14-16,18,20-21,26-28,33-34,36,39,41-42H2,1-2H3,(H,46,49)/b7-5-,13-11-,19-17-,24-22+,25-23-,31-29-,32-30+,37-35-,40-38+. The number of carbonyl (C=O) groups excluding carboxylic acids is 1. The highest BCUT2D eigenvalue weighted by molar-refractivity contribution is 5.76. The Morgan fingerprint density at radius 2 is 0.918 bits per heavy atom. The molecule has 0 saturated heterocycles. The van der Waals surface area contributed by atoms with E-state index in [0.29, 0.717) is 12.8 Å². The number of hydrogen-bond acceptors (Lipinski definition) is 3. The predicted molar refractivity (Wildman–Crippen MR) is 216 cm³/mol. The van der Waals surface area contributed by atoms with E-state index in [1.54, 1.807) is 6.08 Å². The Kier molecular flexibility index (Phi) is 37.1. The molecule has 276 valence electrons. The van der Waals surface area contributed by atoms with Crippen molar-refractivity contribution in [3.8, 4) is 0 Å². The lowest BCUT2D eigenvalue weighted by molar-refractivity contribution is -0.122. The maximum atomic E-state index is 12.3. The lowest BCUT2D eigenvalue weighted by Gasteiger charge is -2.19. The topological polar surface area (TPSA) is 69.6 Å². The highest BCUT2D eigenvalue weighted by Gasteiger charge is 2.17. The van der Waals surface area contributed by atoms with Crippen molar-refractivity contribution >= 4 is 5.91 Å². The Bertz CT molecular complexity index is 995. The van der Waals surface area contributed by atoms with Crippen molar-refractivity contribution in [2.24, 2.45) is 0 Å². The molecule has 0 aromatic rings. The molecule has 0 heterocycles. The molecule has 0 aromatic heterocycles. The molecule has 0 aromatic carbocycles. The Hall–Kier alpha value is -2.95. The molecular formula is C45H73NO3. The summed E-state index contributed by atoms with van der Waals surface area (Å²) in [5.74, 6) is -0.166. The van der Waals surface area contributed by atoms with Gasteiger partial charge in [-0.05, 0) is 83.5 Å². The van der Waals surface area contributed by atoms with Crippen LogP contribution in [0.2, 0.25) is 0 Å². The molecule has 2 atom stereocenters. The van der Waals surface area contributed by atoms with Gasteiger partial charge in [-0.15, -0.1) is 0 Å². The van der Waals surface area contributed by atoms with E-state index in [1.807, 2.05) is 12.2 Å². The van der Waals surface area contributed by atoms with Crippen molar-refractivity contribution in [2.75, 3.05) is 6.61 Å². The summed E-state index contributed by atoms with van der Waals surface area (Å²) in [6, 6.07) is -0.692. The summed E-state index contributed by atoms with van der Waals surface area (Å²) in [4.78, 5) is 12.3. The van der Waals surface area contributed by atoms with Gasteiger partial charge in [-0.3, -0.25) is 4.79 Å². The van der Waals surface area contributed by atoms with Crippen LogP contribution in [0, 0.1) is 0 Å². The van der Waals surface area contributed by atoms with E-state index in [0.717, 1.165) is 64.2 Å². The van der Waals surface area contributed by atoms with Crippen LogP contribution >= 0.6 is 0 Å². The average molecular weight is 676 g/mol. The molecule has 1 amide bonds. The first-order chi connectivity index (χ1) is 24.2. The number of nitrogens with one attached hydrogen (secondary N) is 1. The Labute approximate surface area is 302 Å². The minimum absolute atomic E-state index is 0.166. The number of amides is 1. The second kappa shape index (κ2) is 39.5. The number of rotatable bonds is 33. The lowest BCUT2D eigenvalue weighted by Crippen LogP contribution is -2.45. The van der Waals surface area contributed by atoms with Crippen LogP contribution in [-0.2, 0) is 4.79 Å². The zero-order valence-electron chi connectivity index (χ0n) is 31.4. The van der Waals surface area contributed by atoms with E-state index in [4.69, 9.17) is 0 Å². The molecule has 4 heteroatoms. The van der Waals surface area contributed by atoms with E-state index in [2.05, 4.69) is 110 Å². The second-order valence-corrected chi connectivity index (χ2v) is 12.6. The molecular weight excluding hydrogens is 602 g/mol. The van der Waals surface area contributed by atoms with E-state index >= 15 is 0 Å². The van der Waals surface area contributed by atoms with Gasteiger partial charge < -0.3 is 15.5 Å². The molecule has 0 fully saturated rings. The van der Waals surface area contributed by atoms with Crippen LogP contribution in [0.15, 0.2) is 109 Å². The molecule has 0 aliphatic carbocycles. The summed E-state index contributed by atoms with van der Waals surface area (Å²) in [5.41, 5.74) is 0. The van der Waals surface area contributed by atoms with Crippen molar-refractivity contribution < 1.29 is 15.0 Å². The van der Waals surface area contributed by atoms with Gasteiger partial charge >= 0.3 is 0 Å². The normalized spacial score (nSPS) is 14.3. The lowest BCUT2D eigenvalue weighted by atomic mass is 10.1. The summed E-state index contributed by atoms with van der Waals surface area (Å²) in [6.07, 6.45) is 60.4. The van der Waals surface area contributed by atoms with Gasteiger partial charge in [0.2, 0.25) is 5.91 Å². The number of allylic oxidation sites excluding steroid dienone is 17. The van der Waals surface area contributed by atoms with E-state index in [9.17, 15) is 15.0 Å². The molecule has 0 aliphatic heterocycles. The molecule has 3 N–H and O–H groups in total. The van der Waals surface area contributed by atoms with Crippen molar-refractivity contribution in [3.63, 3.8) is 0 Å². The minimum atomic E-state index is -0.907. The summed E-state index contributed by atoms with van der Waals surface area (Å²) in [5, 5.41) is 22.8. The SMILES string of the molecule is CC/C=C\C/C=C\C/C=C\C/C=C\C/C=C\C/C=C\CCC(=O)NC(CO)C(O)/C=C/CC/C=C/CC/C=C/CCCCCCCCCC. The number of unbranched alkanes of at least 4 members (excludes halogenated alkanes) is 10. The molecule has 0 saturated carbocycles. The first kappa shape index (κ1) is 46.1. The van der Waals surface area contributed by atoms with Gasteiger partial charge in [-0.1, -0.05) is 168 Å². The van der Waals surface area contributed by atoms with Crippen molar-refractivity contribution in [2.45, 2.75) is 161 Å². The number of aliphatic hydroxyl groups is 2. The van der Waals surface area contributed by atoms with Crippen LogP contribution in [0.25, 0.3) is 0 Å². The number of carbonyl (C=O) groups is 1. The zero-order valence-corrected chi connectivity index (χ0v) is 31.4. The maximum absolute atomic E-state index is 12.3. The molecule has 0 radical (unpaired) electrons. The Morgan fingerprint density at radius 3 is 1.41 bits per heavy atom. The van der Waals surface area contributed by atoms with Crippen LogP contribution in [0.3, 0.4) is 0 Å². The highest BCUT2D eigenvalue weighted by atomic mass is 16.3. The number of hydrogen-bond donors (Lipinski definition) is 3. The van der Waals surface area contributed by atoms with Gasteiger partial charge in [-0.25, -0.2) is 0 Å². The third-order valence-electron chi connectivity index (χ3n) is 7.98. The first-order valence-corrected chi connectivity index (χ1v) is 19.6. The van der Waals surface area contributed by atoms with E-state index in [-0.39, 0.29) is 12.5 Å². The van der Waals surface area contributed by atoms with Gasteiger partial charge in [0.25, 0.3) is 0 Å². The van der Waals surface area contributed by atoms with Crippen molar-refractivity contribution in [3.05, 3.63) is 109 Å². The van der Waals surface area contributed by atoms with Crippen LogP contribution in [0.1, 0.15) is 149 Å². The average Bonchev–Trinajstić information content (AvgIpc) is 3.10. The van der Waals surface area contributed by atoms with Crippen molar-refractivity contribution in [1.82, 2.24) is 5.32 Å². The van der Waals surface area contributed by atoms with Gasteiger partial charge in [0.05, 0.1) is 18.8 Å². The summed E-state index contributed by atoms with van der Waals surface area (Å²) in [7, 11) is 0. The summed E-state index contributed by atoms with van der Waals surface area (Å²) >= 11 is 0. The van der Waals surface area contributed by atoms with E-state index in [1.165, 1.54) is 57.8 Å². The molecule has 4 nitrogen and oxygen atoms in total. The molecule has 0 bridgehead atoms. The summed E-state index contributed by atoms with van der Waals surface area (Å²) < 4.78 is 0. The van der Waals surface area contributed by atoms with Crippen LogP contribution < -0.4 is 5.32 Å². The highest BCUT2D eigenvalue weighted by Crippen LogP contribution is 2.10. The molecule has 0 rings (SSSR count). The smallest absolute Gasteiger partial charge is 0.220 e. The quantitative estimate of drug-likeness (QED) is 0.0479. The largest absolute Gasteiger partial charge is 0.394 e. The third-order valence-corrected chi connectivity index (χ3v) is 7.98. The van der Waals surface area contributed by atoms with Gasteiger partial charge in [0.1, 0.15) is 0 Å². The fourth-order valence-corrected chi connectivity index (χ4v) is 4.99. The second-order valence-electron chi connectivity index (χ2n) is 12.6. The summed E-state index contributed by atoms with van der Waals surface area (Å²) in [6.45, 7) is 4.12. The van der Waals surface area contributed by atoms with Gasteiger partial charge in [0.15, 0.2) is 0 Å². The number of aliphatic hydroxyl groups excluding tert-OH is 2. The van der Waals surface area contributed by atoms with Gasteiger partial charge in [0, 0.05) is 6.42 Å². The van der Waals surface area contributed by atoms with Crippen LogP contribution in [0.4, 0.5) is 0 Å². The monoisotopic (exact) mass is 676 g/mol. The molecule has 2 unspecified atom stereocenters. The first-order valence-electron chi connectivity index (χ1n) is 19.6.